The Morgan fingerprint density at radius 2 is 1.75 bits per heavy atom. The van der Waals surface area contributed by atoms with E-state index in [9.17, 15) is 18.0 Å². The first-order chi connectivity index (χ1) is 11.4. The smallest absolute Gasteiger partial charge is 0.435 e. The minimum Gasteiger partial charge on any atom is -0.478 e. The highest BCUT2D eigenvalue weighted by Crippen LogP contribution is 2.36. The number of carbonyl (C=O) groups is 1. The molecule has 24 heavy (non-hydrogen) atoms. The highest BCUT2D eigenvalue weighted by atomic mass is 19.4. The first-order valence-corrected chi connectivity index (χ1v) is 6.92. The van der Waals surface area contributed by atoms with Gasteiger partial charge in [0.1, 0.15) is 0 Å². The lowest BCUT2D eigenvalue weighted by molar-refractivity contribution is -0.140. The summed E-state index contributed by atoms with van der Waals surface area (Å²) < 4.78 is 40.9. The minimum atomic E-state index is -4.62. The molecule has 0 saturated carbocycles. The maximum atomic E-state index is 13.3. The Morgan fingerprint density at radius 1 is 1.04 bits per heavy atom. The number of hydrogen-bond donors (Lipinski definition) is 1. The summed E-state index contributed by atoms with van der Waals surface area (Å²) in [6.45, 7) is 0. The van der Waals surface area contributed by atoms with Crippen LogP contribution in [0.15, 0.2) is 60.8 Å². The van der Waals surface area contributed by atoms with Crippen LogP contribution in [0.2, 0.25) is 0 Å². The Labute approximate surface area is 134 Å². The van der Waals surface area contributed by atoms with Gasteiger partial charge in [0.05, 0.1) is 11.3 Å². The molecule has 0 aliphatic carbocycles. The zero-order chi connectivity index (χ0) is 17.3. The summed E-state index contributed by atoms with van der Waals surface area (Å²) in [5.74, 6) is -1.16. The Bertz CT molecular complexity index is 886. The van der Waals surface area contributed by atoms with Crippen LogP contribution in [0, 0.1) is 0 Å². The van der Waals surface area contributed by atoms with Crippen molar-refractivity contribution in [2.45, 2.75) is 6.18 Å². The Morgan fingerprint density at radius 3 is 2.38 bits per heavy atom. The van der Waals surface area contributed by atoms with Gasteiger partial charge >= 0.3 is 12.1 Å². The molecule has 0 saturated heterocycles. The highest BCUT2D eigenvalue weighted by molar-refractivity contribution is 5.88. The van der Waals surface area contributed by atoms with E-state index in [2.05, 4.69) is 5.10 Å². The van der Waals surface area contributed by atoms with Crippen LogP contribution in [0.4, 0.5) is 13.2 Å². The molecule has 3 rings (SSSR count). The zero-order valence-electron chi connectivity index (χ0n) is 12.2. The summed E-state index contributed by atoms with van der Waals surface area (Å²) >= 11 is 0. The predicted octanol–water partition coefficient (Wildman–Crippen LogP) is 4.26. The third kappa shape index (κ3) is 3.01. The monoisotopic (exact) mass is 332 g/mol. The lowest BCUT2D eigenvalue weighted by Gasteiger charge is -2.05. The molecule has 0 aliphatic rings. The Hall–Kier alpha value is -3.09. The number of alkyl halides is 3. The number of carboxylic acids is 1. The van der Waals surface area contributed by atoms with Gasteiger partial charge in [-0.05, 0) is 23.8 Å². The Balaban J connectivity index is 2.16. The van der Waals surface area contributed by atoms with Gasteiger partial charge in [0.15, 0.2) is 5.69 Å². The third-order valence-corrected chi connectivity index (χ3v) is 3.43. The number of carboxylic acid groups (broad SMARTS) is 1. The van der Waals surface area contributed by atoms with Crippen molar-refractivity contribution in [3.63, 3.8) is 0 Å². The molecule has 3 aromatic rings. The summed E-state index contributed by atoms with van der Waals surface area (Å²) in [6.07, 6.45) is -3.38. The van der Waals surface area contributed by atoms with Crippen LogP contribution < -0.4 is 0 Å². The van der Waals surface area contributed by atoms with Gasteiger partial charge in [0.2, 0.25) is 0 Å². The van der Waals surface area contributed by atoms with E-state index in [1.54, 1.807) is 30.3 Å². The van der Waals surface area contributed by atoms with Crippen LogP contribution in [0.5, 0.6) is 0 Å². The molecule has 0 spiro atoms. The maximum Gasteiger partial charge on any atom is 0.435 e. The standard InChI is InChI=1S/C17H11F3N2O2/c18-17(19,20)15-14(11-5-2-1-3-6-11)10-22(21-15)13-8-4-7-12(9-13)16(23)24/h1-10H,(H,23,24). The van der Waals surface area contributed by atoms with Crippen LogP contribution in [0.1, 0.15) is 16.1 Å². The van der Waals surface area contributed by atoms with Crippen molar-refractivity contribution in [2.24, 2.45) is 0 Å². The highest BCUT2D eigenvalue weighted by Gasteiger charge is 2.37. The fourth-order valence-corrected chi connectivity index (χ4v) is 2.33. The number of aromatic carboxylic acids is 1. The first-order valence-electron chi connectivity index (χ1n) is 6.92. The molecule has 0 unspecified atom stereocenters. The summed E-state index contributed by atoms with van der Waals surface area (Å²) in [5.41, 5.74) is -0.496. The summed E-state index contributed by atoms with van der Waals surface area (Å²) in [4.78, 5) is 11.0. The number of nitrogens with zero attached hydrogens (tertiary/aromatic N) is 2. The number of aromatic nitrogens is 2. The number of hydrogen-bond acceptors (Lipinski definition) is 2. The van der Waals surface area contributed by atoms with E-state index in [1.807, 2.05) is 0 Å². The van der Waals surface area contributed by atoms with Crippen LogP contribution >= 0.6 is 0 Å². The molecule has 4 nitrogen and oxygen atoms in total. The number of benzene rings is 2. The van der Waals surface area contributed by atoms with Crippen molar-refractivity contribution in [2.75, 3.05) is 0 Å². The first kappa shape index (κ1) is 15.8. The molecule has 0 radical (unpaired) electrons. The second-order valence-corrected chi connectivity index (χ2v) is 5.06. The number of halogens is 3. The van der Waals surface area contributed by atoms with E-state index in [0.717, 1.165) is 4.68 Å². The fourth-order valence-electron chi connectivity index (χ4n) is 2.33. The molecular formula is C17H11F3N2O2. The van der Waals surface area contributed by atoms with Gasteiger partial charge in [0, 0.05) is 11.8 Å². The van der Waals surface area contributed by atoms with Crippen molar-refractivity contribution in [3.8, 4) is 16.8 Å². The van der Waals surface area contributed by atoms with E-state index < -0.39 is 17.8 Å². The molecule has 1 aromatic heterocycles. The zero-order valence-corrected chi connectivity index (χ0v) is 12.2. The average Bonchev–Trinajstić information content (AvgIpc) is 3.01. The molecule has 0 amide bonds. The van der Waals surface area contributed by atoms with E-state index in [-0.39, 0.29) is 16.8 Å². The number of rotatable bonds is 3. The van der Waals surface area contributed by atoms with Crippen LogP contribution in [0.3, 0.4) is 0 Å². The van der Waals surface area contributed by atoms with Crippen molar-refractivity contribution >= 4 is 5.97 Å². The van der Waals surface area contributed by atoms with Gasteiger partial charge in [-0.2, -0.15) is 18.3 Å². The fraction of sp³-hybridized carbons (Fsp3) is 0.0588. The molecule has 0 bridgehead atoms. The normalized spacial score (nSPS) is 11.5. The maximum absolute atomic E-state index is 13.3. The quantitative estimate of drug-likeness (QED) is 0.780. The van der Waals surface area contributed by atoms with Gasteiger partial charge < -0.3 is 5.11 Å². The summed E-state index contributed by atoms with van der Waals surface area (Å²) in [5, 5.41) is 12.6. The molecule has 1 heterocycles. The lowest BCUT2D eigenvalue weighted by Crippen LogP contribution is -2.09. The van der Waals surface area contributed by atoms with E-state index in [4.69, 9.17) is 5.11 Å². The van der Waals surface area contributed by atoms with E-state index in [1.165, 1.54) is 30.5 Å². The minimum absolute atomic E-state index is 0.0298. The van der Waals surface area contributed by atoms with Crippen molar-refractivity contribution in [1.82, 2.24) is 9.78 Å². The van der Waals surface area contributed by atoms with Gasteiger partial charge in [-0.1, -0.05) is 36.4 Å². The van der Waals surface area contributed by atoms with Crippen LogP contribution in [-0.2, 0) is 6.18 Å². The molecule has 122 valence electrons. The third-order valence-electron chi connectivity index (χ3n) is 3.43. The SMILES string of the molecule is O=C(O)c1cccc(-n2cc(-c3ccccc3)c(C(F)(F)F)n2)c1. The molecule has 0 aliphatic heterocycles. The predicted molar refractivity (Wildman–Crippen MR) is 81.0 cm³/mol. The molecule has 0 atom stereocenters. The largest absolute Gasteiger partial charge is 0.478 e. The van der Waals surface area contributed by atoms with Crippen molar-refractivity contribution < 1.29 is 23.1 Å². The molecule has 1 N–H and O–H groups in total. The van der Waals surface area contributed by atoms with Gasteiger partial charge in [-0.3, -0.25) is 0 Å². The molecule has 2 aromatic carbocycles. The summed E-state index contributed by atoms with van der Waals surface area (Å²) in [7, 11) is 0. The Kier molecular flexibility index (Phi) is 3.84. The second kappa shape index (κ2) is 5.84. The van der Waals surface area contributed by atoms with Crippen molar-refractivity contribution in [1.29, 1.82) is 0 Å². The topological polar surface area (TPSA) is 55.1 Å². The van der Waals surface area contributed by atoms with Crippen molar-refractivity contribution in [3.05, 3.63) is 72.1 Å². The van der Waals surface area contributed by atoms with Gasteiger partial charge in [-0.25, -0.2) is 9.48 Å². The lowest BCUT2D eigenvalue weighted by atomic mass is 10.1. The summed E-state index contributed by atoms with van der Waals surface area (Å²) in [6, 6.07) is 13.7. The molecular weight excluding hydrogens is 321 g/mol. The van der Waals surface area contributed by atoms with Crippen LogP contribution in [-0.4, -0.2) is 20.9 Å². The van der Waals surface area contributed by atoms with Gasteiger partial charge in [-0.15, -0.1) is 0 Å². The van der Waals surface area contributed by atoms with E-state index >= 15 is 0 Å². The van der Waals surface area contributed by atoms with Gasteiger partial charge in [0.25, 0.3) is 0 Å². The second-order valence-electron chi connectivity index (χ2n) is 5.06. The average molecular weight is 332 g/mol. The molecule has 0 fully saturated rings. The molecule has 7 heteroatoms. The van der Waals surface area contributed by atoms with Crippen LogP contribution in [0.25, 0.3) is 16.8 Å². The van der Waals surface area contributed by atoms with E-state index in [0.29, 0.717) is 5.56 Å².